The van der Waals surface area contributed by atoms with Gasteiger partial charge >= 0.3 is 0 Å². The first kappa shape index (κ1) is 14.2. The summed E-state index contributed by atoms with van der Waals surface area (Å²) in [5.74, 6) is 0.809. The Hall–Kier alpha value is -1.22. The Kier molecular flexibility index (Phi) is 4.70. The molecule has 0 unspecified atom stereocenters. The number of hydrogen-bond acceptors (Lipinski definition) is 3. The van der Waals surface area contributed by atoms with Crippen molar-refractivity contribution < 1.29 is 4.74 Å². The Labute approximate surface area is 116 Å². The summed E-state index contributed by atoms with van der Waals surface area (Å²) < 4.78 is 5.41. The summed E-state index contributed by atoms with van der Waals surface area (Å²) in [6, 6.07) is 4.28. The second-order valence-electron chi connectivity index (χ2n) is 5.76. The lowest BCUT2D eigenvalue weighted by Gasteiger charge is -2.27. The molecule has 1 fully saturated rings. The second-order valence-corrected chi connectivity index (χ2v) is 5.76. The van der Waals surface area contributed by atoms with Gasteiger partial charge in [0.25, 0.3) is 0 Å². The summed E-state index contributed by atoms with van der Waals surface area (Å²) >= 11 is 0. The van der Waals surface area contributed by atoms with Gasteiger partial charge in [-0.25, -0.2) is 0 Å². The van der Waals surface area contributed by atoms with E-state index in [2.05, 4.69) is 37.9 Å². The molecule has 1 aliphatic rings. The van der Waals surface area contributed by atoms with Crippen molar-refractivity contribution in [2.75, 3.05) is 37.4 Å². The fourth-order valence-electron chi connectivity index (χ4n) is 2.69. The number of hydrogen-bond donors (Lipinski definition) is 1. The van der Waals surface area contributed by atoms with Gasteiger partial charge in [0.05, 0.1) is 11.4 Å². The molecule has 0 spiro atoms. The number of nitrogens with zero attached hydrogens (tertiary/aromatic N) is 1. The van der Waals surface area contributed by atoms with Crippen molar-refractivity contribution in [3.8, 4) is 0 Å². The minimum atomic E-state index is 0.809. The van der Waals surface area contributed by atoms with Crippen molar-refractivity contribution in [3.05, 3.63) is 23.3 Å². The Morgan fingerprint density at radius 1 is 1.21 bits per heavy atom. The quantitative estimate of drug-likeness (QED) is 0.847. The minimum Gasteiger partial charge on any atom is -0.397 e. The van der Waals surface area contributed by atoms with E-state index in [0.717, 1.165) is 37.1 Å². The molecule has 2 rings (SSSR count). The van der Waals surface area contributed by atoms with Gasteiger partial charge in [-0.15, -0.1) is 0 Å². The molecular formula is C16H26N2O. The van der Waals surface area contributed by atoms with Crippen LogP contribution in [0.25, 0.3) is 0 Å². The number of ether oxygens (including phenoxy) is 1. The SMILES string of the molecule is Cc1cc(N)c(N(C)CCC2CCOCC2)cc1C. The third kappa shape index (κ3) is 3.63. The molecule has 1 heterocycles. The number of anilines is 2. The smallest absolute Gasteiger partial charge is 0.0600 e. The van der Waals surface area contributed by atoms with Crippen LogP contribution >= 0.6 is 0 Å². The van der Waals surface area contributed by atoms with Crippen LogP contribution in [0.3, 0.4) is 0 Å². The first-order valence-electron chi connectivity index (χ1n) is 7.23. The van der Waals surface area contributed by atoms with Crippen molar-refractivity contribution in [2.24, 2.45) is 5.92 Å². The van der Waals surface area contributed by atoms with Crippen LogP contribution in [0.1, 0.15) is 30.4 Å². The van der Waals surface area contributed by atoms with Gasteiger partial charge in [0.2, 0.25) is 0 Å². The maximum absolute atomic E-state index is 6.14. The number of benzene rings is 1. The highest BCUT2D eigenvalue weighted by Crippen LogP contribution is 2.27. The first-order valence-corrected chi connectivity index (χ1v) is 7.23. The van der Waals surface area contributed by atoms with Crippen LogP contribution < -0.4 is 10.6 Å². The molecule has 0 bridgehead atoms. The number of rotatable bonds is 4. The van der Waals surface area contributed by atoms with Crippen molar-refractivity contribution >= 4 is 11.4 Å². The van der Waals surface area contributed by atoms with Crippen LogP contribution in [0.4, 0.5) is 11.4 Å². The number of nitrogen functional groups attached to an aromatic ring is 1. The molecule has 0 radical (unpaired) electrons. The lowest BCUT2D eigenvalue weighted by Crippen LogP contribution is -2.24. The van der Waals surface area contributed by atoms with Gasteiger partial charge in [-0.3, -0.25) is 0 Å². The Bertz CT molecular complexity index is 425. The van der Waals surface area contributed by atoms with Crippen LogP contribution in [0.5, 0.6) is 0 Å². The minimum absolute atomic E-state index is 0.809. The Morgan fingerprint density at radius 2 is 1.84 bits per heavy atom. The molecule has 1 aromatic rings. The van der Waals surface area contributed by atoms with Crippen molar-refractivity contribution in [1.82, 2.24) is 0 Å². The van der Waals surface area contributed by atoms with Gasteiger partial charge in [0, 0.05) is 26.8 Å². The van der Waals surface area contributed by atoms with E-state index < -0.39 is 0 Å². The standard InChI is InChI=1S/C16H26N2O/c1-12-10-15(17)16(11-13(12)2)18(3)7-4-14-5-8-19-9-6-14/h10-11,14H,4-9,17H2,1-3H3. The Morgan fingerprint density at radius 3 is 2.53 bits per heavy atom. The summed E-state index contributed by atoms with van der Waals surface area (Å²) in [4.78, 5) is 2.29. The molecule has 3 nitrogen and oxygen atoms in total. The summed E-state index contributed by atoms with van der Waals surface area (Å²) in [5, 5.41) is 0. The zero-order valence-corrected chi connectivity index (χ0v) is 12.4. The molecule has 0 aromatic heterocycles. The fourth-order valence-corrected chi connectivity index (χ4v) is 2.69. The molecule has 0 amide bonds. The third-order valence-corrected chi connectivity index (χ3v) is 4.27. The van der Waals surface area contributed by atoms with Gasteiger partial charge in [0.15, 0.2) is 0 Å². The summed E-state index contributed by atoms with van der Waals surface area (Å²) in [7, 11) is 2.14. The summed E-state index contributed by atoms with van der Waals surface area (Å²) in [6.07, 6.45) is 3.64. The van der Waals surface area contributed by atoms with Crippen LogP contribution in [0.15, 0.2) is 12.1 Å². The zero-order chi connectivity index (χ0) is 13.8. The van der Waals surface area contributed by atoms with Crippen molar-refractivity contribution in [1.29, 1.82) is 0 Å². The van der Waals surface area contributed by atoms with Gasteiger partial charge in [0.1, 0.15) is 0 Å². The highest BCUT2D eigenvalue weighted by atomic mass is 16.5. The average Bonchev–Trinajstić information content (AvgIpc) is 2.41. The molecule has 0 saturated carbocycles. The number of nitrogens with two attached hydrogens (primary N) is 1. The highest BCUT2D eigenvalue weighted by molar-refractivity contribution is 5.69. The molecule has 106 valence electrons. The highest BCUT2D eigenvalue weighted by Gasteiger charge is 2.15. The van der Waals surface area contributed by atoms with E-state index in [0.29, 0.717) is 0 Å². The van der Waals surface area contributed by atoms with Crippen LogP contribution in [-0.4, -0.2) is 26.8 Å². The largest absolute Gasteiger partial charge is 0.397 e. The number of aryl methyl sites for hydroxylation is 2. The van der Waals surface area contributed by atoms with Gasteiger partial charge < -0.3 is 15.4 Å². The molecular weight excluding hydrogens is 236 g/mol. The topological polar surface area (TPSA) is 38.5 Å². The lowest BCUT2D eigenvalue weighted by molar-refractivity contribution is 0.0645. The van der Waals surface area contributed by atoms with E-state index in [1.807, 2.05) is 0 Å². The molecule has 1 saturated heterocycles. The van der Waals surface area contributed by atoms with Gasteiger partial charge in [-0.2, -0.15) is 0 Å². The van der Waals surface area contributed by atoms with E-state index >= 15 is 0 Å². The monoisotopic (exact) mass is 262 g/mol. The second kappa shape index (κ2) is 6.29. The van der Waals surface area contributed by atoms with Gasteiger partial charge in [-0.1, -0.05) is 0 Å². The predicted octanol–water partition coefficient (Wildman–Crippen LogP) is 3.14. The van der Waals surface area contributed by atoms with E-state index in [1.165, 1.54) is 30.4 Å². The molecule has 3 heteroatoms. The third-order valence-electron chi connectivity index (χ3n) is 4.27. The summed E-state index contributed by atoms with van der Waals surface area (Å²) in [5.41, 5.74) is 10.8. The molecule has 0 atom stereocenters. The van der Waals surface area contributed by atoms with E-state index in [-0.39, 0.29) is 0 Å². The Balaban J connectivity index is 1.95. The van der Waals surface area contributed by atoms with Crippen molar-refractivity contribution in [3.63, 3.8) is 0 Å². The normalized spacial score (nSPS) is 16.6. The fraction of sp³-hybridized carbons (Fsp3) is 0.625. The van der Waals surface area contributed by atoms with Crippen LogP contribution in [0, 0.1) is 19.8 Å². The zero-order valence-electron chi connectivity index (χ0n) is 12.4. The van der Waals surface area contributed by atoms with Crippen LogP contribution in [-0.2, 0) is 4.74 Å². The average molecular weight is 262 g/mol. The molecule has 19 heavy (non-hydrogen) atoms. The maximum atomic E-state index is 6.14. The molecule has 2 N–H and O–H groups in total. The van der Waals surface area contributed by atoms with E-state index in [9.17, 15) is 0 Å². The summed E-state index contributed by atoms with van der Waals surface area (Å²) in [6.45, 7) is 7.18. The van der Waals surface area contributed by atoms with Crippen LogP contribution in [0.2, 0.25) is 0 Å². The van der Waals surface area contributed by atoms with E-state index in [4.69, 9.17) is 10.5 Å². The van der Waals surface area contributed by atoms with Gasteiger partial charge in [-0.05, 0) is 62.3 Å². The van der Waals surface area contributed by atoms with E-state index in [1.54, 1.807) is 0 Å². The first-order chi connectivity index (χ1) is 9.08. The lowest BCUT2D eigenvalue weighted by atomic mass is 9.96. The predicted molar refractivity (Wildman–Crippen MR) is 81.8 cm³/mol. The molecule has 0 aliphatic carbocycles. The van der Waals surface area contributed by atoms with Crippen molar-refractivity contribution in [2.45, 2.75) is 33.1 Å². The maximum Gasteiger partial charge on any atom is 0.0600 e. The molecule has 1 aliphatic heterocycles. The molecule has 1 aromatic carbocycles.